The van der Waals surface area contributed by atoms with Crippen LogP contribution in [0.3, 0.4) is 0 Å². The number of aryl methyl sites for hydroxylation is 2. The Hall–Kier alpha value is -1.71. The molecule has 0 aliphatic rings. The fraction of sp³-hybridized carbons (Fsp3) is 0.500. The quantitative estimate of drug-likeness (QED) is 0.810. The molecule has 4 nitrogen and oxygen atoms in total. The second-order valence-electron chi connectivity index (χ2n) is 4.11. The molecule has 0 unspecified atom stereocenters. The van der Waals surface area contributed by atoms with Crippen LogP contribution in [0.15, 0.2) is 12.1 Å². The standard InChI is InChI=1S/C14H20O4/c1-4-18-12-9-11(6-5-7-14(15)16)13(17-3)8-10(12)2/h8-9H,4-7H2,1-3H3,(H,15,16). The van der Waals surface area contributed by atoms with Crippen LogP contribution in [-0.2, 0) is 11.2 Å². The van der Waals surface area contributed by atoms with E-state index in [0.29, 0.717) is 19.4 Å². The normalized spacial score (nSPS) is 10.2. The van der Waals surface area contributed by atoms with Gasteiger partial charge < -0.3 is 14.6 Å². The van der Waals surface area contributed by atoms with Crippen molar-refractivity contribution in [2.75, 3.05) is 13.7 Å². The van der Waals surface area contributed by atoms with Gasteiger partial charge in [0.2, 0.25) is 0 Å². The molecule has 0 spiro atoms. The minimum atomic E-state index is -0.772. The van der Waals surface area contributed by atoms with Crippen LogP contribution in [0.1, 0.15) is 30.9 Å². The lowest BCUT2D eigenvalue weighted by atomic mass is 10.0. The summed E-state index contributed by atoms with van der Waals surface area (Å²) in [5.74, 6) is 0.857. The van der Waals surface area contributed by atoms with E-state index in [1.54, 1.807) is 7.11 Å². The van der Waals surface area contributed by atoms with Crippen LogP contribution in [0, 0.1) is 6.92 Å². The maximum atomic E-state index is 10.5. The smallest absolute Gasteiger partial charge is 0.303 e. The maximum Gasteiger partial charge on any atom is 0.303 e. The van der Waals surface area contributed by atoms with E-state index in [-0.39, 0.29) is 6.42 Å². The lowest BCUT2D eigenvalue weighted by Gasteiger charge is -2.13. The van der Waals surface area contributed by atoms with Gasteiger partial charge in [0.05, 0.1) is 13.7 Å². The fourth-order valence-electron chi connectivity index (χ4n) is 1.83. The molecular weight excluding hydrogens is 232 g/mol. The summed E-state index contributed by atoms with van der Waals surface area (Å²) in [6.07, 6.45) is 1.44. The first-order valence-corrected chi connectivity index (χ1v) is 6.10. The molecule has 0 fully saturated rings. The highest BCUT2D eigenvalue weighted by atomic mass is 16.5. The lowest BCUT2D eigenvalue weighted by molar-refractivity contribution is -0.137. The van der Waals surface area contributed by atoms with Crippen molar-refractivity contribution in [3.63, 3.8) is 0 Å². The monoisotopic (exact) mass is 252 g/mol. The Bertz CT molecular complexity index is 413. The molecule has 0 aliphatic carbocycles. The molecule has 0 atom stereocenters. The molecule has 1 N–H and O–H groups in total. The molecule has 0 saturated carbocycles. The van der Waals surface area contributed by atoms with Gasteiger partial charge in [-0.25, -0.2) is 0 Å². The molecule has 0 amide bonds. The van der Waals surface area contributed by atoms with Crippen LogP contribution in [0.25, 0.3) is 0 Å². The molecule has 0 aromatic heterocycles. The van der Waals surface area contributed by atoms with Crippen LogP contribution in [-0.4, -0.2) is 24.8 Å². The van der Waals surface area contributed by atoms with Crippen LogP contribution in [0.2, 0.25) is 0 Å². The number of benzene rings is 1. The highest BCUT2D eigenvalue weighted by Gasteiger charge is 2.09. The van der Waals surface area contributed by atoms with Crippen LogP contribution in [0.5, 0.6) is 11.5 Å². The topological polar surface area (TPSA) is 55.8 Å². The molecule has 0 aliphatic heterocycles. The minimum Gasteiger partial charge on any atom is -0.496 e. The van der Waals surface area contributed by atoms with Crippen LogP contribution < -0.4 is 9.47 Å². The summed E-state index contributed by atoms with van der Waals surface area (Å²) in [6.45, 7) is 4.52. The number of rotatable bonds is 7. The van der Waals surface area contributed by atoms with Gasteiger partial charge in [0.25, 0.3) is 0 Å². The molecule has 4 heteroatoms. The summed E-state index contributed by atoms with van der Waals surface area (Å²) >= 11 is 0. The molecule has 0 bridgehead atoms. The third kappa shape index (κ3) is 3.95. The van der Waals surface area contributed by atoms with Gasteiger partial charge in [0.1, 0.15) is 11.5 Å². The summed E-state index contributed by atoms with van der Waals surface area (Å²) < 4.78 is 10.8. The van der Waals surface area contributed by atoms with E-state index in [2.05, 4.69) is 0 Å². The zero-order valence-electron chi connectivity index (χ0n) is 11.2. The van der Waals surface area contributed by atoms with Gasteiger partial charge in [0.15, 0.2) is 0 Å². The molecule has 0 heterocycles. The zero-order chi connectivity index (χ0) is 13.5. The first-order chi connectivity index (χ1) is 8.58. The Balaban J connectivity index is 2.85. The van der Waals surface area contributed by atoms with Crippen molar-refractivity contribution in [2.45, 2.75) is 33.1 Å². The summed E-state index contributed by atoms with van der Waals surface area (Å²) in [5, 5.41) is 8.64. The molecular formula is C14H20O4. The van der Waals surface area contributed by atoms with Gasteiger partial charge in [-0.1, -0.05) is 0 Å². The Morgan fingerprint density at radius 1 is 1.33 bits per heavy atom. The maximum absolute atomic E-state index is 10.5. The fourth-order valence-corrected chi connectivity index (χ4v) is 1.83. The number of carboxylic acid groups (broad SMARTS) is 1. The van der Waals surface area contributed by atoms with Crippen molar-refractivity contribution in [1.82, 2.24) is 0 Å². The third-order valence-electron chi connectivity index (χ3n) is 2.71. The van der Waals surface area contributed by atoms with E-state index < -0.39 is 5.97 Å². The molecule has 100 valence electrons. The molecule has 1 aromatic rings. The van der Waals surface area contributed by atoms with Crippen LogP contribution >= 0.6 is 0 Å². The highest BCUT2D eigenvalue weighted by molar-refractivity contribution is 5.66. The van der Waals surface area contributed by atoms with E-state index in [4.69, 9.17) is 14.6 Å². The minimum absolute atomic E-state index is 0.168. The Kier molecular flexibility index (Phi) is 5.49. The van der Waals surface area contributed by atoms with Crippen LogP contribution in [0.4, 0.5) is 0 Å². The van der Waals surface area contributed by atoms with E-state index in [1.165, 1.54) is 0 Å². The highest BCUT2D eigenvalue weighted by Crippen LogP contribution is 2.29. The van der Waals surface area contributed by atoms with Gasteiger partial charge >= 0.3 is 5.97 Å². The number of carbonyl (C=O) groups is 1. The molecule has 1 aromatic carbocycles. The number of ether oxygens (including phenoxy) is 2. The average molecular weight is 252 g/mol. The summed E-state index contributed by atoms with van der Waals surface area (Å²) in [6, 6.07) is 3.88. The molecule has 1 rings (SSSR count). The van der Waals surface area contributed by atoms with Gasteiger partial charge in [-0.2, -0.15) is 0 Å². The second-order valence-corrected chi connectivity index (χ2v) is 4.11. The predicted octanol–water partition coefficient (Wildman–Crippen LogP) is 2.81. The lowest BCUT2D eigenvalue weighted by Crippen LogP contribution is -2.00. The Morgan fingerprint density at radius 3 is 2.61 bits per heavy atom. The number of hydrogen-bond donors (Lipinski definition) is 1. The van der Waals surface area contributed by atoms with E-state index in [9.17, 15) is 4.79 Å². The van der Waals surface area contributed by atoms with Crippen molar-refractivity contribution >= 4 is 5.97 Å². The number of methoxy groups -OCH3 is 1. The number of carboxylic acids is 1. The number of aliphatic carboxylic acids is 1. The number of hydrogen-bond acceptors (Lipinski definition) is 3. The van der Waals surface area contributed by atoms with Gasteiger partial charge in [0, 0.05) is 6.42 Å². The predicted molar refractivity (Wildman–Crippen MR) is 69.5 cm³/mol. The molecule has 18 heavy (non-hydrogen) atoms. The van der Waals surface area contributed by atoms with E-state index in [0.717, 1.165) is 22.6 Å². The van der Waals surface area contributed by atoms with E-state index >= 15 is 0 Å². The van der Waals surface area contributed by atoms with Gasteiger partial charge in [-0.15, -0.1) is 0 Å². The zero-order valence-corrected chi connectivity index (χ0v) is 11.2. The SMILES string of the molecule is CCOc1cc(CCCC(=O)O)c(OC)cc1C. The first-order valence-electron chi connectivity index (χ1n) is 6.10. The summed E-state index contributed by atoms with van der Waals surface area (Å²) in [5.41, 5.74) is 2.02. The molecule has 0 saturated heterocycles. The summed E-state index contributed by atoms with van der Waals surface area (Å²) in [7, 11) is 1.62. The Morgan fingerprint density at radius 2 is 2.06 bits per heavy atom. The average Bonchev–Trinajstić information content (AvgIpc) is 2.32. The van der Waals surface area contributed by atoms with Crippen molar-refractivity contribution in [3.05, 3.63) is 23.3 Å². The van der Waals surface area contributed by atoms with Crippen molar-refractivity contribution in [3.8, 4) is 11.5 Å². The van der Waals surface area contributed by atoms with E-state index in [1.807, 2.05) is 26.0 Å². The first kappa shape index (κ1) is 14.4. The summed E-state index contributed by atoms with van der Waals surface area (Å²) in [4.78, 5) is 10.5. The van der Waals surface area contributed by atoms with Gasteiger partial charge in [-0.3, -0.25) is 4.79 Å². The Labute approximate surface area is 108 Å². The van der Waals surface area contributed by atoms with Crippen molar-refractivity contribution in [2.24, 2.45) is 0 Å². The van der Waals surface area contributed by atoms with Gasteiger partial charge in [-0.05, 0) is 49.9 Å². The largest absolute Gasteiger partial charge is 0.496 e. The van der Waals surface area contributed by atoms with Crippen molar-refractivity contribution < 1.29 is 19.4 Å². The second kappa shape index (κ2) is 6.89. The molecule has 0 radical (unpaired) electrons. The third-order valence-corrected chi connectivity index (χ3v) is 2.71. The van der Waals surface area contributed by atoms with Crippen molar-refractivity contribution in [1.29, 1.82) is 0 Å².